The van der Waals surface area contributed by atoms with Gasteiger partial charge in [-0.3, -0.25) is 4.79 Å². The first-order valence-corrected chi connectivity index (χ1v) is 11.6. The molecule has 35 heavy (non-hydrogen) atoms. The first-order valence-electron chi connectivity index (χ1n) is 11.6. The zero-order valence-electron chi connectivity index (χ0n) is 19.8. The van der Waals surface area contributed by atoms with E-state index in [1.54, 1.807) is 19.9 Å². The molecule has 2 amide bonds. The Kier molecular flexibility index (Phi) is 7.15. The normalized spacial score (nSPS) is 11.9. The number of nitrogens with one attached hydrogen (secondary N) is 2. The third kappa shape index (κ3) is 5.35. The zero-order valence-corrected chi connectivity index (χ0v) is 19.8. The highest BCUT2D eigenvalue weighted by atomic mass is 16.5. The van der Waals surface area contributed by atoms with Crippen LogP contribution >= 0.6 is 0 Å². The lowest BCUT2D eigenvalue weighted by atomic mass is 9.98. The minimum Gasteiger partial charge on any atom is -0.478 e. The van der Waals surface area contributed by atoms with Crippen molar-refractivity contribution in [1.29, 1.82) is 0 Å². The third-order valence-corrected chi connectivity index (χ3v) is 6.38. The van der Waals surface area contributed by atoms with E-state index in [0.29, 0.717) is 17.7 Å². The van der Waals surface area contributed by atoms with Crippen LogP contribution < -0.4 is 10.6 Å². The lowest BCUT2D eigenvalue weighted by Crippen LogP contribution is -2.27. The highest BCUT2D eigenvalue weighted by molar-refractivity contribution is 5.95. The SMILES string of the molecule is Cc1cc(NC(=O)CCCNC(=O)OCC2c3ccccc3-c3ccccc32)cc(C(=O)O)c1C. The van der Waals surface area contributed by atoms with Crippen molar-refractivity contribution < 1.29 is 24.2 Å². The second-order valence-electron chi connectivity index (χ2n) is 8.67. The summed E-state index contributed by atoms with van der Waals surface area (Å²) in [5.74, 6) is -1.29. The van der Waals surface area contributed by atoms with Crippen molar-refractivity contribution in [1.82, 2.24) is 5.32 Å². The van der Waals surface area contributed by atoms with Gasteiger partial charge in [-0.15, -0.1) is 0 Å². The molecule has 7 heteroatoms. The van der Waals surface area contributed by atoms with E-state index in [1.165, 1.54) is 17.2 Å². The maximum atomic E-state index is 12.3. The number of alkyl carbamates (subject to hydrolysis) is 1. The van der Waals surface area contributed by atoms with Gasteiger partial charge in [-0.1, -0.05) is 48.5 Å². The smallest absolute Gasteiger partial charge is 0.407 e. The van der Waals surface area contributed by atoms with Gasteiger partial charge in [0.1, 0.15) is 6.61 Å². The van der Waals surface area contributed by atoms with Crippen LogP contribution in [0, 0.1) is 13.8 Å². The number of carboxylic acids is 1. The number of carbonyl (C=O) groups excluding carboxylic acids is 2. The fourth-order valence-corrected chi connectivity index (χ4v) is 4.47. The first-order chi connectivity index (χ1) is 16.8. The molecule has 0 spiro atoms. The monoisotopic (exact) mass is 472 g/mol. The van der Waals surface area contributed by atoms with Gasteiger partial charge in [-0.05, 0) is 65.8 Å². The molecule has 0 saturated carbocycles. The summed E-state index contributed by atoms with van der Waals surface area (Å²) in [5.41, 5.74) is 6.70. The highest BCUT2D eigenvalue weighted by Gasteiger charge is 2.28. The Morgan fingerprint density at radius 3 is 2.20 bits per heavy atom. The second kappa shape index (κ2) is 10.4. The molecule has 7 nitrogen and oxygen atoms in total. The van der Waals surface area contributed by atoms with E-state index in [0.717, 1.165) is 16.7 Å². The maximum absolute atomic E-state index is 12.3. The quantitative estimate of drug-likeness (QED) is 0.388. The number of rotatable bonds is 8. The predicted octanol–water partition coefficient (Wildman–Crippen LogP) is 5.26. The number of aryl methyl sites for hydroxylation is 1. The number of fused-ring (bicyclic) bond motifs is 3. The highest BCUT2D eigenvalue weighted by Crippen LogP contribution is 2.44. The van der Waals surface area contributed by atoms with Crippen LogP contribution in [0.1, 0.15) is 51.4 Å². The summed E-state index contributed by atoms with van der Waals surface area (Å²) < 4.78 is 5.50. The molecule has 0 heterocycles. The van der Waals surface area contributed by atoms with Crippen molar-refractivity contribution in [3.8, 4) is 11.1 Å². The topological polar surface area (TPSA) is 105 Å². The fraction of sp³-hybridized carbons (Fsp3) is 0.250. The molecular weight excluding hydrogens is 444 g/mol. The molecule has 3 N–H and O–H groups in total. The number of carboxylic acid groups (broad SMARTS) is 1. The summed E-state index contributed by atoms with van der Waals surface area (Å²) in [6.07, 6.45) is 0.0820. The number of anilines is 1. The minimum absolute atomic E-state index is 0.00686. The molecule has 0 bridgehead atoms. The van der Waals surface area contributed by atoms with Gasteiger partial charge in [-0.25, -0.2) is 9.59 Å². The third-order valence-electron chi connectivity index (χ3n) is 6.38. The van der Waals surface area contributed by atoms with E-state index < -0.39 is 12.1 Å². The molecule has 180 valence electrons. The molecule has 0 unspecified atom stereocenters. The van der Waals surface area contributed by atoms with Crippen LogP contribution in [0.15, 0.2) is 60.7 Å². The number of ether oxygens (including phenoxy) is 1. The predicted molar refractivity (Wildman–Crippen MR) is 134 cm³/mol. The van der Waals surface area contributed by atoms with E-state index >= 15 is 0 Å². The Morgan fingerprint density at radius 1 is 0.943 bits per heavy atom. The van der Waals surface area contributed by atoms with Crippen molar-refractivity contribution in [2.75, 3.05) is 18.5 Å². The van der Waals surface area contributed by atoms with Crippen molar-refractivity contribution in [3.63, 3.8) is 0 Å². The van der Waals surface area contributed by atoms with Gasteiger partial charge in [0.25, 0.3) is 0 Å². The number of aromatic carboxylic acids is 1. The molecule has 4 rings (SSSR count). The number of hydrogen-bond acceptors (Lipinski definition) is 4. The molecule has 0 atom stereocenters. The summed E-state index contributed by atoms with van der Waals surface area (Å²) in [6.45, 7) is 4.06. The Hall–Kier alpha value is -4.13. The van der Waals surface area contributed by atoms with Gasteiger partial charge in [0.2, 0.25) is 5.91 Å². The van der Waals surface area contributed by atoms with E-state index in [-0.39, 0.29) is 37.0 Å². The number of amides is 2. The molecule has 0 saturated heterocycles. The average molecular weight is 473 g/mol. The summed E-state index contributed by atoms with van der Waals surface area (Å²) in [6, 6.07) is 19.5. The molecule has 0 fully saturated rings. The lowest BCUT2D eigenvalue weighted by molar-refractivity contribution is -0.116. The molecule has 3 aromatic carbocycles. The minimum atomic E-state index is -1.03. The van der Waals surface area contributed by atoms with Gasteiger partial charge < -0.3 is 20.5 Å². The van der Waals surface area contributed by atoms with E-state index in [4.69, 9.17) is 4.74 Å². The Balaban J connectivity index is 1.23. The van der Waals surface area contributed by atoms with Crippen molar-refractivity contribution >= 4 is 23.7 Å². The van der Waals surface area contributed by atoms with Gasteiger partial charge in [0.05, 0.1) is 5.56 Å². The maximum Gasteiger partial charge on any atom is 0.407 e. The van der Waals surface area contributed by atoms with Crippen LogP contribution in [-0.4, -0.2) is 36.2 Å². The summed E-state index contributed by atoms with van der Waals surface area (Å²) >= 11 is 0. The number of carbonyl (C=O) groups is 3. The van der Waals surface area contributed by atoms with Gasteiger partial charge in [0, 0.05) is 24.6 Å². The van der Waals surface area contributed by atoms with Crippen LogP contribution in [0.25, 0.3) is 11.1 Å². The van der Waals surface area contributed by atoms with Crippen LogP contribution in [0.2, 0.25) is 0 Å². The van der Waals surface area contributed by atoms with Crippen LogP contribution in [0.3, 0.4) is 0 Å². The molecule has 0 aliphatic heterocycles. The summed E-state index contributed by atoms with van der Waals surface area (Å²) in [5, 5.41) is 14.7. The molecule has 1 aliphatic carbocycles. The standard InChI is InChI=1S/C28H28N2O5/c1-17-14-19(15-24(18(17)2)27(32)33)30-26(31)12-7-13-29-28(34)35-16-25-22-10-5-3-8-20(22)21-9-4-6-11-23(21)25/h3-6,8-11,14-15,25H,7,12-13,16H2,1-2H3,(H,29,34)(H,30,31)(H,32,33). The van der Waals surface area contributed by atoms with Crippen molar-refractivity contribution in [2.45, 2.75) is 32.6 Å². The largest absolute Gasteiger partial charge is 0.478 e. The van der Waals surface area contributed by atoms with Crippen LogP contribution in [0.5, 0.6) is 0 Å². The van der Waals surface area contributed by atoms with E-state index in [1.807, 2.05) is 24.3 Å². The van der Waals surface area contributed by atoms with Gasteiger partial charge in [0.15, 0.2) is 0 Å². The van der Waals surface area contributed by atoms with Gasteiger partial charge >= 0.3 is 12.1 Å². The van der Waals surface area contributed by atoms with E-state index in [2.05, 4.69) is 34.9 Å². The number of benzene rings is 3. The van der Waals surface area contributed by atoms with Crippen molar-refractivity contribution in [2.24, 2.45) is 0 Å². The van der Waals surface area contributed by atoms with Crippen molar-refractivity contribution in [3.05, 3.63) is 88.5 Å². The summed E-state index contributed by atoms with van der Waals surface area (Å²) in [4.78, 5) is 35.9. The molecule has 3 aromatic rings. The first kappa shape index (κ1) is 24.0. The molecule has 1 aliphatic rings. The Labute approximate surface area is 204 Å². The van der Waals surface area contributed by atoms with Crippen LogP contribution in [-0.2, 0) is 9.53 Å². The Morgan fingerprint density at radius 2 is 1.57 bits per heavy atom. The number of hydrogen-bond donors (Lipinski definition) is 3. The molecule has 0 radical (unpaired) electrons. The Bertz CT molecular complexity index is 1240. The van der Waals surface area contributed by atoms with E-state index in [9.17, 15) is 19.5 Å². The molecular formula is C28H28N2O5. The second-order valence-corrected chi connectivity index (χ2v) is 8.67. The zero-order chi connectivity index (χ0) is 24.9. The fourth-order valence-electron chi connectivity index (χ4n) is 4.47. The van der Waals surface area contributed by atoms with Gasteiger partial charge in [-0.2, -0.15) is 0 Å². The lowest BCUT2D eigenvalue weighted by Gasteiger charge is -2.14. The van der Waals surface area contributed by atoms with Crippen LogP contribution in [0.4, 0.5) is 10.5 Å². The average Bonchev–Trinajstić information content (AvgIpc) is 3.16. The summed E-state index contributed by atoms with van der Waals surface area (Å²) in [7, 11) is 0. The molecule has 0 aromatic heterocycles.